The van der Waals surface area contributed by atoms with Gasteiger partial charge >= 0.3 is 0 Å². The van der Waals surface area contributed by atoms with E-state index in [9.17, 15) is 19.7 Å². The number of nitrogens with one attached hydrogen (secondary N) is 2. The van der Waals surface area contributed by atoms with Crippen LogP contribution < -0.4 is 10.9 Å². The number of H-pyrrole nitrogens is 1. The molecule has 178 valence electrons. The van der Waals surface area contributed by atoms with Crippen LogP contribution in [0, 0.1) is 15.5 Å². The maximum Gasteiger partial charge on any atom is 0.269 e. The van der Waals surface area contributed by atoms with Crippen LogP contribution in [-0.4, -0.2) is 20.7 Å². The summed E-state index contributed by atoms with van der Waals surface area (Å²) in [5, 5.41) is 14.6. The fourth-order valence-electron chi connectivity index (χ4n) is 4.81. The van der Waals surface area contributed by atoms with E-state index in [1.165, 1.54) is 23.9 Å². The quantitative estimate of drug-likeness (QED) is 0.220. The number of nitro groups is 1. The van der Waals surface area contributed by atoms with E-state index in [0.717, 1.165) is 16.8 Å². The lowest BCUT2D eigenvalue weighted by molar-refractivity contribution is -0.384. The van der Waals surface area contributed by atoms with E-state index in [0.29, 0.717) is 40.7 Å². The van der Waals surface area contributed by atoms with Gasteiger partial charge in [0.1, 0.15) is 5.82 Å². The number of allylic oxidation sites excluding steroid dienone is 2. The lowest BCUT2D eigenvalue weighted by atomic mass is 9.69. The fourth-order valence-corrected chi connectivity index (χ4v) is 5.62. The normalized spacial score (nSPS) is 18.5. The van der Waals surface area contributed by atoms with Crippen LogP contribution in [0.25, 0.3) is 0 Å². The van der Waals surface area contributed by atoms with E-state index >= 15 is 0 Å². The number of nitro benzene ring substituents is 1. The number of aromatic amines is 1. The van der Waals surface area contributed by atoms with Crippen LogP contribution in [0.2, 0.25) is 0 Å². The zero-order valence-electron chi connectivity index (χ0n) is 19.3. The lowest BCUT2D eigenvalue weighted by Crippen LogP contribution is -2.37. The Morgan fingerprint density at radius 2 is 1.80 bits per heavy atom. The van der Waals surface area contributed by atoms with E-state index in [-0.39, 0.29) is 22.4 Å². The molecule has 8 nitrogen and oxygen atoms in total. The topological polar surface area (TPSA) is 118 Å². The number of nitrogens with zero attached hydrogens (tertiary/aromatic N) is 2. The number of rotatable bonds is 5. The number of benzene rings is 2. The molecule has 1 aromatic heterocycles. The van der Waals surface area contributed by atoms with Gasteiger partial charge in [0, 0.05) is 41.5 Å². The molecule has 0 saturated carbocycles. The molecule has 5 rings (SSSR count). The molecule has 0 radical (unpaired) electrons. The number of hydrogen-bond donors (Lipinski definition) is 2. The Labute approximate surface area is 206 Å². The smallest absolute Gasteiger partial charge is 0.269 e. The molecule has 0 spiro atoms. The van der Waals surface area contributed by atoms with Crippen molar-refractivity contribution < 1.29 is 9.72 Å². The highest BCUT2D eigenvalue weighted by molar-refractivity contribution is 7.98. The second-order valence-corrected chi connectivity index (χ2v) is 10.6. The molecule has 0 amide bonds. The van der Waals surface area contributed by atoms with Crippen molar-refractivity contribution >= 4 is 29.1 Å². The number of anilines is 1. The summed E-state index contributed by atoms with van der Waals surface area (Å²) in [6, 6.07) is 15.9. The first-order valence-corrected chi connectivity index (χ1v) is 12.3. The van der Waals surface area contributed by atoms with Crippen LogP contribution in [0.15, 0.2) is 75.8 Å². The second-order valence-electron chi connectivity index (χ2n) is 9.65. The molecule has 35 heavy (non-hydrogen) atoms. The van der Waals surface area contributed by atoms with Crippen molar-refractivity contribution in [3.05, 3.63) is 103 Å². The number of fused-ring (bicyclic) bond motifs is 1. The first-order chi connectivity index (χ1) is 16.7. The van der Waals surface area contributed by atoms with Crippen molar-refractivity contribution in [3.8, 4) is 0 Å². The number of non-ortho nitro benzene ring substituents is 1. The Hall–Kier alpha value is -3.72. The molecular formula is C26H24N4O4S. The van der Waals surface area contributed by atoms with Gasteiger partial charge in [-0.1, -0.05) is 68.1 Å². The van der Waals surface area contributed by atoms with Crippen molar-refractivity contribution in [1.82, 2.24) is 9.97 Å². The monoisotopic (exact) mass is 488 g/mol. The van der Waals surface area contributed by atoms with Crippen LogP contribution >= 0.6 is 11.8 Å². The second kappa shape index (κ2) is 8.81. The fraction of sp³-hybridized carbons (Fsp3) is 0.269. The van der Waals surface area contributed by atoms with E-state index in [2.05, 4.69) is 24.1 Å². The highest BCUT2D eigenvalue weighted by atomic mass is 32.2. The predicted octanol–water partition coefficient (Wildman–Crippen LogP) is 5.17. The maximum atomic E-state index is 13.4. The van der Waals surface area contributed by atoms with Crippen molar-refractivity contribution in [2.45, 2.75) is 43.5 Å². The minimum Gasteiger partial charge on any atom is -0.343 e. The van der Waals surface area contributed by atoms with E-state index in [1.54, 1.807) is 12.1 Å². The molecular weight excluding hydrogens is 464 g/mol. The largest absolute Gasteiger partial charge is 0.343 e. The van der Waals surface area contributed by atoms with E-state index < -0.39 is 10.8 Å². The van der Waals surface area contributed by atoms with E-state index in [4.69, 9.17) is 4.98 Å². The van der Waals surface area contributed by atoms with Gasteiger partial charge in [-0.25, -0.2) is 4.98 Å². The molecule has 2 aromatic carbocycles. The summed E-state index contributed by atoms with van der Waals surface area (Å²) in [7, 11) is 0. The number of carbonyl (C=O) groups is 1. The average Bonchev–Trinajstić information content (AvgIpc) is 2.81. The summed E-state index contributed by atoms with van der Waals surface area (Å²) >= 11 is 1.34. The van der Waals surface area contributed by atoms with E-state index in [1.807, 2.05) is 30.3 Å². The van der Waals surface area contributed by atoms with Crippen LogP contribution in [0.3, 0.4) is 0 Å². The summed E-state index contributed by atoms with van der Waals surface area (Å²) in [6.07, 6.45) is 1.12. The number of carbonyl (C=O) groups excluding carboxylic acids is 1. The third-order valence-corrected chi connectivity index (χ3v) is 7.30. The zero-order valence-corrected chi connectivity index (χ0v) is 20.1. The minimum atomic E-state index is -0.476. The van der Waals surface area contributed by atoms with Gasteiger partial charge in [0.15, 0.2) is 10.9 Å². The van der Waals surface area contributed by atoms with Crippen LogP contribution in [0.4, 0.5) is 11.5 Å². The molecule has 0 saturated heterocycles. The van der Waals surface area contributed by atoms with Gasteiger partial charge < -0.3 is 10.3 Å². The summed E-state index contributed by atoms with van der Waals surface area (Å²) in [5.41, 5.74) is 3.25. The average molecular weight is 489 g/mol. The predicted molar refractivity (Wildman–Crippen MR) is 134 cm³/mol. The first kappa shape index (κ1) is 23.0. The minimum absolute atomic E-state index is 0.0317. The van der Waals surface area contributed by atoms with Gasteiger partial charge in [0.2, 0.25) is 0 Å². The molecule has 9 heteroatoms. The molecule has 3 aromatic rings. The van der Waals surface area contributed by atoms with Gasteiger partial charge in [0.05, 0.1) is 10.5 Å². The van der Waals surface area contributed by atoms with Gasteiger partial charge in [-0.3, -0.25) is 19.7 Å². The van der Waals surface area contributed by atoms with Gasteiger partial charge in [-0.05, 0) is 23.0 Å². The van der Waals surface area contributed by atoms with Crippen LogP contribution in [0.1, 0.15) is 49.3 Å². The molecule has 1 aliphatic carbocycles. The molecule has 1 unspecified atom stereocenters. The third-order valence-electron chi connectivity index (χ3n) is 6.36. The number of hydrogen-bond acceptors (Lipinski definition) is 7. The molecule has 1 aliphatic heterocycles. The number of thioether (sulfide) groups is 1. The lowest BCUT2D eigenvalue weighted by Gasteiger charge is -2.38. The summed E-state index contributed by atoms with van der Waals surface area (Å²) < 4.78 is 0. The highest BCUT2D eigenvalue weighted by Gasteiger charge is 2.42. The van der Waals surface area contributed by atoms with Crippen molar-refractivity contribution in [2.24, 2.45) is 5.41 Å². The molecule has 0 fully saturated rings. The Kier molecular flexibility index (Phi) is 5.80. The van der Waals surface area contributed by atoms with Crippen molar-refractivity contribution in [2.75, 3.05) is 5.32 Å². The van der Waals surface area contributed by atoms with Gasteiger partial charge in [-0.15, -0.1) is 0 Å². The number of ketones is 1. The van der Waals surface area contributed by atoms with Crippen molar-refractivity contribution in [1.29, 1.82) is 0 Å². The van der Waals surface area contributed by atoms with Crippen molar-refractivity contribution in [3.63, 3.8) is 0 Å². The summed E-state index contributed by atoms with van der Waals surface area (Å²) in [6.45, 7) is 4.14. The Morgan fingerprint density at radius 3 is 2.49 bits per heavy atom. The molecule has 1 atom stereocenters. The zero-order chi connectivity index (χ0) is 24.7. The molecule has 2 aliphatic rings. The molecule has 2 N–H and O–H groups in total. The number of aromatic nitrogens is 2. The van der Waals surface area contributed by atoms with Crippen LogP contribution in [-0.2, 0) is 10.5 Å². The standard InChI is InChI=1S/C26H24N4O4S/c1-26(2)12-18-21(19(31)13-26)20(16-6-4-3-5-7-16)22-23(27-18)28-25(29-24(22)32)35-14-15-8-10-17(11-9-15)30(33)34/h3-11,20H,12-14H2,1-2H3,(H2,27,28,29,32). The summed E-state index contributed by atoms with van der Waals surface area (Å²) in [4.78, 5) is 44.6. The first-order valence-electron chi connectivity index (χ1n) is 11.3. The molecule has 2 heterocycles. The van der Waals surface area contributed by atoms with Gasteiger partial charge in [0.25, 0.3) is 11.2 Å². The number of Topliss-reactive ketones (excluding diaryl/α,β-unsaturated/α-hetero) is 1. The Bertz CT molecular complexity index is 1410. The maximum absolute atomic E-state index is 13.4. The Balaban J connectivity index is 1.51. The Morgan fingerprint density at radius 1 is 1.09 bits per heavy atom. The van der Waals surface area contributed by atoms with Gasteiger partial charge in [-0.2, -0.15) is 0 Å². The SMILES string of the molecule is CC1(C)CC(=O)C2=C(C1)Nc1nc(SCc3ccc([N+](=O)[O-])cc3)[nH]c(=O)c1C2c1ccccc1. The molecule has 0 bridgehead atoms. The highest BCUT2D eigenvalue weighted by Crippen LogP contribution is 2.47. The van der Waals surface area contributed by atoms with Crippen LogP contribution in [0.5, 0.6) is 0 Å². The third kappa shape index (κ3) is 4.51. The summed E-state index contributed by atoms with van der Waals surface area (Å²) in [5.74, 6) is 0.537.